The second-order valence-electron chi connectivity index (χ2n) is 7.68. The van der Waals surface area contributed by atoms with Crippen molar-refractivity contribution in [1.82, 2.24) is 0 Å². The lowest BCUT2D eigenvalue weighted by molar-refractivity contribution is -0.164. The molecule has 4 nitrogen and oxygen atoms in total. The molecule has 0 aliphatic rings. The van der Waals surface area contributed by atoms with E-state index in [0.29, 0.717) is 0 Å². The van der Waals surface area contributed by atoms with E-state index < -0.39 is 17.4 Å². The molecule has 1 rings (SSSR count). The van der Waals surface area contributed by atoms with E-state index in [0.717, 1.165) is 19.3 Å². The normalized spacial score (nSPS) is 11.4. The fourth-order valence-electron chi connectivity index (χ4n) is 2.68. The molecule has 0 fully saturated rings. The van der Waals surface area contributed by atoms with Crippen molar-refractivity contribution in [2.75, 3.05) is 6.61 Å². The van der Waals surface area contributed by atoms with Gasteiger partial charge < -0.3 is 9.47 Å². The molecule has 1 aromatic carbocycles. The first-order chi connectivity index (χ1) is 13.7. The van der Waals surface area contributed by atoms with Gasteiger partial charge in [0.05, 0.1) is 11.6 Å². The Balaban J connectivity index is 2.36. The summed E-state index contributed by atoms with van der Waals surface area (Å²) in [4.78, 5) is 24.8. The van der Waals surface area contributed by atoms with Crippen LogP contribution in [0.1, 0.15) is 78.6 Å². The van der Waals surface area contributed by atoms with Gasteiger partial charge in [0.15, 0.2) is 11.2 Å². The summed E-state index contributed by atoms with van der Waals surface area (Å²) in [6, 6.07) is 2.81. The maximum Gasteiger partial charge on any atom is 0.328 e. The summed E-state index contributed by atoms with van der Waals surface area (Å²) < 4.78 is 10.5. The van der Waals surface area contributed by atoms with Crippen LogP contribution in [0.4, 0.5) is 0 Å². The summed E-state index contributed by atoms with van der Waals surface area (Å²) in [7, 11) is 0. The summed E-state index contributed by atoms with van der Waals surface area (Å²) in [6.45, 7) is 5.40. The quantitative estimate of drug-likeness (QED) is 0.0986. The Morgan fingerprint density at radius 2 is 1.41 bits per heavy atom. The zero-order chi connectivity index (χ0) is 21.9. The van der Waals surface area contributed by atoms with E-state index in [4.69, 9.17) is 44.3 Å². The van der Waals surface area contributed by atoms with Gasteiger partial charge in [0.1, 0.15) is 5.02 Å². The fraction of sp³-hybridized carbons (Fsp3) is 0.636. The summed E-state index contributed by atoms with van der Waals surface area (Å²) in [5.74, 6) is -1.41. The molecule has 0 aromatic heterocycles. The Morgan fingerprint density at radius 3 is 2.00 bits per heavy atom. The molecular weight excluding hydrogens is 435 g/mol. The van der Waals surface area contributed by atoms with Crippen molar-refractivity contribution < 1.29 is 19.1 Å². The second-order valence-corrected chi connectivity index (χ2v) is 8.90. The highest BCUT2D eigenvalue weighted by molar-refractivity contribution is 6.44. The molecule has 0 aliphatic carbocycles. The van der Waals surface area contributed by atoms with Crippen LogP contribution in [0.2, 0.25) is 15.1 Å². The predicted molar refractivity (Wildman–Crippen MR) is 119 cm³/mol. The number of unbranched alkanes of at least 4 members (excludes halogenated alkanes) is 8. The molecule has 0 bridgehead atoms. The Kier molecular flexibility index (Phi) is 12.0. The van der Waals surface area contributed by atoms with Crippen LogP contribution in [0.3, 0.4) is 0 Å². The van der Waals surface area contributed by atoms with Crippen molar-refractivity contribution in [3.8, 4) is 5.75 Å². The second kappa shape index (κ2) is 13.4. The molecule has 0 unspecified atom stereocenters. The first-order valence-corrected chi connectivity index (χ1v) is 11.4. The maximum absolute atomic E-state index is 12.5. The first kappa shape index (κ1) is 26.1. The monoisotopic (exact) mass is 464 g/mol. The molecule has 7 heteroatoms. The highest BCUT2D eigenvalue weighted by Crippen LogP contribution is 2.36. The molecule has 0 amide bonds. The van der Waals surface area contributed by atoms with Crippen LogP contribution in [-0.4, -0.2) is 18.5 Å². The van der Waals surface area contributed by atoms with Crippen LogP contribution < -0.4 is 4.74 Å². The third-order valence-corrected chi connectivity index (χ3v) is 5.67. The first-order valence-electron chi connectivity index (χ1n) is 10.2. The van der Waals surface area contributed by atoms with E-state index in [9.17, 15) is 9.59 Å². The van der Waals surface area contributed by atoms with Gasteiger partial charge in [0.25, 0.3) is 0 Å². The lowest BCUT2D eigenvalue weighted by atomic mass is 9.94. The Labute approximate surface area is 189 Å². The van der Waals surface area contributed by atoms with Crippen molar-refractivity contribution in [3.05, 3.63) is 27.2 Å². The Morgan fingerprint density at radius 1 is 0.862 bits per heavy atom. The molecule has 0 heterocycles. The fourth-order valence-corrected chi connectivity index (χ4v) is 3.30. The van der Waals surface area contributed by atoms with E-state index in [1.54, 1.807) is 0 Å². The van der Waals surface area contributed by atoms with Crippen LogP contribution in [0, 0.1) is 5.41 Å². The van der Waals surface area contributed by atoms with E-state index in [1.807, 2.05) is 0 Å². The van der Waals surface area contributed by atoms with Gasteiger partial charge in [-0.1, -0.05) is 93.1 Å². The number of halogens is 3. The molecule has 0 N–H and O–H groups in total. The number of rotatable bonds is 13. The minimum absolute atomic E-state index is 0.00831. The van der Waals surface area contributed by atoms with Crippen LogP contribution in [0.15, 0.2) is 12.1 Å². The third-order valence-electron chi connectivity index (χ3n) is 4.66. The van der Waals surface area contributed by atoms with E-state index >= 15 is 0 Å². The van der Waals surface area contributed by atoms with Gasteiger partial charge in [0, 0.05) is 11.1 Å². The molecule has 0 saturated heterocycles. The average molecular weight is 466 g/mol. The van der Waals surface area contributed by atoms with Crippen LogP contribution >= 0.6 is 34.8 Å². The van der Waals surface area contributed by atoms with Gasteiger partial charge in [-0.25, -0.2) is 0 Å². The van der Waals surface area contributed by atoms with Crippen LogP contribution in [0.5, 0.6) is 5.75 Å². The molecular formula is C22H31Cl3O4. The van der Waals surface area contributed by atoms with Crippen LogP contribution in [-0.2, 0) is 14.3 Å². The number of carbonyl (C=O) groups is 2. The lowest BCUT2D eigenvalue weighted by Gasteiger charge is -2.21. The number of ether oxygens (including phenoxy) is 2. The van der Waals surface area contributed by atoms with E-state index in [2.05, 4.69) is 6.92 Å². The molecule has 0 atom stereocenters. The Bertz CT molecular complexity index is 674. The molecule has 0 spiro atoms. The van der Waals surface area contributed by atoms with Crippen molar-refractivity contribution in [2.24, 2.45) is 5.41 Å². The summed E-state index contributed by atoms with van der Waals surface area (Å²) >= 11 is 17.9. The van der Waals surface area contributed by atoms with Gasteiger partial charge in [-0.05, 0) is 26.3 Å². The van der Waals surface area contributed by atoms with Gasteiger partial charge >= 0.3 is 11.9 Å². The van der Waals surface area contributed by atoms with Crippen molar-refractivity contribution >= 4 is 46.7 Å². The number of benzene rings is 1. The Hall–Kier alpha value is -0.970. The molecule has 29 heavy (non-hydrogen) atoms. The van der Waals surface area contributed by atoms with Crippen LogP contribution in [0.25, 0.3) is 0 Å². The maximum atomic E-state index is 12.5. The minimum Gasteiger partial charge on any atom is -0.465 e. The van der Waals surface area contributed by atoms with Gasteiger partial charge in [-0.3, -0.25) is 9.59 Å². The van der Waals surface area contributed by atoms with Crippen molar-refractivity contribution in [1.29, 1.82) is 0 Å². The molecule has 0 aliphatic heterocycles. The largest absolute Gasteiger partial charge is 0.465 e. The summed E-state index contributed by atoms with van der Waals surface area (Å²) in [6.07, 6.45) is 10.5. The average Bonchev–Trinajstić information content (AvgIpc) is 2.66. The smallest absolute Gasteiger partial charge is 0.328 e. The third kappa shape index (κ3) is 9.15. The van der Waals surface area contributed by atoms with Crippen molar-refractivity contribution in [3.63, 3.8) is 0 Å². The van der Waals surface area contributed by atoms with E-state index in [1.165, 1.54) is 64.5 Å². The van der Waals surface area contributed by atoms with E-state index in [-0.39, 0.29) is 27.4 Å². The summed E-state index contributed by atoms with van der Waals surface area (Å²) in [5, 5.41) is 0.490. The highest BCUT2D eigenvalue weighted by Gasteiger charge is 2.40. The lowest BCUT2D eigenvalue weighted by Crippen LogP contribution is -2.38. The summed E-state index contributed by atoms with van der Waals surface area (Å²) in [5.41, 5.74) is -1.47. The number of esters is 2. The molecule has 0 radical (unpaired) electrons. The van der Waals surface area contributed by atoms with Gasteiger partial charge in [-0.15, -0.1) is 0 Å². The number of carbonyl (C=O) groups excluding carboxylic acids is 2. The number of hydrogen-bond acceptors (Lipinski definition) is 4. The molecule has 0 saturated carbocycles. The standard InChI is InChI=1S/C22H31Cl3O4/c1-4-5-6-7-8-9-10-11-12-13-28-20(26)22(2,3)21(27)29-18-15-16(23)14-17(24)19(18)25/h14-15H,4-13H2,1-3H3. The van der Waals surface area contributed by atoms with Gasteiger partial charge in [-0.2, -0.15) is 0 Å². The topological polar surface area (TPSA) is 52.6 Å². The number of hydrogen-bond donors (Lipinski definition) is 0. The highest BCUT2D eigenvalue weighted by atomic mass is 35.5. The molecule has 164 valence electrons. The minimum atomic E-state index is -1.47. The SMILES string of the molecule is CCCCCCCCCCCOC(=O)C(C)(C)C(=O)Oc1cc(Cl)cc(Cl)c1Cl. The van der Waals surface area contributed by atoms with Gasteiger partial charge in [0.2, 0.25) is 0 Å². The van der Waals surface area contributed by atoms with Crippen molar-refractivity contribution in [2.45, 2.75) is 78.6 Å². The molecule has 1 aromatic rings. The zero-order valence-corrected chi connectivity index (χ0v) is 19.8. The zero-order valence-electron chi connectivity index (χ0n) is 17.5. The predicted octanol–water partition coefficient (Wildman–Crippen LogP) is 7.65.